The average Bonchev–Trinajstić information content (AvgIpc) is 3.40. The Morgan fingerprint density at radius 2 is 1.76 bits per heavy atom. The van der Waals surface area contributed by atoms with Crippen LogP contribution in [-0.4, -0.2) is 66.2 Å². The van der Waals surface area contributed by atoms with Crippen molar-refractivity contribution in [2.45, 2.75) is 26.9 Å². The van der Waals surface area contributed by atoms with Crippen LogP contribution in [0.1, 0.15) is 23.6 Å². The highest BCUT2D eigenvalue weighted by Crippen LogP contribution is 2.27. The zero-order valence-corrected chi connectivity index (χ0v) is 22.6. The van der Waals surface area contributed by atoms with E-state index in [2.05, 4.69) is 22.8 Å². The molecule has 0 saturated heterocycles. The van der Waals surface area contributed by atoms with Gasteiger partial charge in [-0.15, -0.1) is 12.4 Å². The number of hydrogen-bond donors (Lipinski definition) is 2. The third kappa shape index (κ3) is 6.33. The van der Waals surface area contributed by atoms with Crippen molar-refractivity contribution in [2.75, 3.05) is 44.7 Å². The van der Waals surface area contributed by atoms with Gasteiger partial charge in [-0.2, -0.15) is 0 Å². The monoisotopic (exact) mass is 530 g/mol. The molecule has 2 aromatic carbocycles. The molecule has 0 atom stereocenters. The van der Waals surface area contributed by atoms with E-state index in [-0.39, 0.29) is 37.3 Å². The van der Waals surface area contributed by atoms with E-state index < -0.39 is 5.76 Å². The fourth-order valence-electron chi connectivity index (χ4n) is 4.48. The van der Waals surface area contributed by atoms with Crippen LogP contribution < -0.4 is 21.3 Å². The van der Waals surface area contributed by atoms with Gasteiger partial charge in [-0.25, -0.2) is 9.80 Å². The molecule has 0 bridgehead atoms. The molecule has 200 valence electrons. The van der Waals surface area contributed by atoms with Gasteiger partial charge < -0.3 is 20.0 Å². The number of fused-ring (bicyclic) bond motifs is 2. The summed E-state index contributed by atoms with van der Waals surface area (Å²) in [4.78, 5) is 40.0. The van der Waals surface area contributed by atoms with Crippen LogP contribution in [-0.2, 0) is 29.7 Å². The van der Waals surface area contributed by atoms with Crippen LogP contribution >= 0.6 is 12.4 Å². The van der Waals surface area contributed by atoms with Crippen molar-refractivity contribution in [3.63, 3.8) is 0 Å². The van der Waals surface area contributed by atoms with Crippen LogP contribution in [0.4, 0.5) is 5.69 Å². The van der Waals surface area contributed by atoms with Gasteiger partial charge in [0.25, 0.3) is 5.91 Å². The summed E-state index contributed by atoms with van der Waals surface area (Å²) in [5, 5.41) is 9.72. The van der Waals surface area contributed by atoms with Gasteiger partial charge in [-0.1, -0.05) is 31.2 Å². The molecular formula is C26H35ClN6O4. The summed E-state index contributed by atoms with van der Waals surface area (Å²) in [6, 6.07) is 11.7. The van der Waals surface area contributed by atoms with Crippen LogP contribution in [0.3, 0.4) is 0 Å². The Kier molecular flexibility index (Phi) is 9.36. The number of carbonyl (C=O) groups is 2. The van der Waals surface area contributed by atoms with Crippen LogP contribution in [0.2, 0.25) is 0 Å². The molecule has 10 nitrogen and oxygen atoms in total. The van der Waals surface area contributed by atoms with Crippen LogP contribution in [0.15, 0.2) is 45.6 Å². The van der Waals surface area contributed by atoms with E-state index in [1.165, 1.54) is 15.7 Å². The first-order valence-electron chi connectivity index (χ1n) is 12.2. The van der Waals surface area contributed by atoms with E-state index in [4.69, 9.17) is 4.42 Å². The number of aromatic nitrogens is 1. The summed E-state index contributed by atoms with van der Waals surface area (Å²) in [6.07, 6.45) is 0. The summed E-state index contributed by atoms with van der Waals surface area (Å²) < 4.78 is 6.73. The third-order valence-electron chi connectivity index (χ3n) is 6.59. The first kappa shape index (κ1) is 28.2. The molecule has 0 unspecified atom stereocenters. The van der Waals surface area contributed by atoms with Crippen LogP contribution in [0.5, 0.6) is 0 Å². The van der Waals surface area contributed by atoms with Crippen molar-refractivity contribution in [1.29, 1.82) is 0 Å². The van der Waals surface area contributed by atoms with Gasteiger partial charge in [-0.05, 0) is 42.3 Å². The lowest BCUT2D eigenvalue weighted by atomic mass is 10.1. The number of nitrogens with one attached hydrogen (secondary N) is 2. The largest absolute Gasteiger partial charge is 0.419 e. The molecule has 1 aromatic heterocycles. The van der Waals surface area contributed by atoms with E-state index in [9.17, 15) is 14.4 Å². The van der Waals surface area contributed by atoms with Gasteiger partial charge >= 0.3 is 5.76 Å². The number of halogens is 1. The van der Waals surface area contributed by atoms with Crippen molar-refractivity contribution in [2.24, 2.45) is 7.05 Å². The van der Waals surface area contributed by atoms with Gasteiger partial charge in [0.15, 0.2) is 5.58 Å². The molecule has 3 aromatic rings. The van der Waals surface area contributed by atoms with Crippen molar-refractivity contribution >= 4 is 41.0 Å². The summed E-state index contributed by atoms with van der Waals surface area (Å²) in [6.45, 7) is 7.20. The maximum Gasteiger partial charge on any atom is 0.419 e. The summed E-state index contributed by atoms with van der Waals surface area (Å²) in [7, 11) is 3.40. The minimum Gasteiger partial charge on any atom is -0.408 e. The molecule has 1 aliphatic rings. The lowest BCUT2D eigenvalue weighted by molar-refractivity contribution is -0.145. The topological polar surface area (TPSA) is 103 Å². The molecule has 0 saturated carbocycles. The number of hydrazine groups is 1. The lowest BCUT2D eigenvalue weighted by Gasteiger charge is -2.32. The number of carbonyl (C=O) groups excluding carboxylic acids is 2. The number of aryl methyl sites for hydroxylation is 2. The molecule has 37 heavy (non-hydrogen) atoms. The van der Waals surface area contributed by atoms with E-state index >= 15 is 0 Å². The van der Waals surface area contributed by atoms with Crippen LogP contribution in [0.25, 0.3) is 11.1 Å². The quantitative estimate of drug-likeness (QED) is 0.385. The summed E-state index contributed by atoms with van der Waals surface area (Å²) in [5.41, 5.74) is 4.99. The molecule has 0 fully saturated rings. The number of hydrogen-bond acceptors (Lipinski definition) is 7. The van der Waals surface area contributed by atoms with Crippen molar-refractivity contribution in [3.8, 4) is 0 Å². The van der Waals surface area contributed by atoms with Gasteiger partial charge in [-0.3, -0.25) is 19.2 Å². The van der Waals surface area contributed by atoms with E-state index in [1.54, 1.807) is 36.1 Å². The zero-order chi connectivity index (χ0) is 25.8. The Labute approximate surface area is 222 Å². The number of benzene rings is 2. The molecule has 2 N–H and O–H groups in total. The predicted octanol–water partition coefficient (Wildman–Crippen LogP) is 1.78. The fourth-order valence-corrected chi connectivity index (χ4v) is 4.48. The van der Waals surface area contributed by atoms with Crippen molar-refractivity contribution in [1.82, 2.24) is 25.2 Å². The first-order chi connectivity index (χ1) is 17.3. The highest BCUT2D eigenvalue weighted by molar-refractivity contribution is 5.89. The van der Waals surface area contributed by atoms with Crippen molar-refractivity contribution < 1.29 is 14.0 Å². The second-order valence-corrected chi connectivity index (χ2v) is 9.10. The Morgan fingerprint density at radius 3 is 2.41 bits per heavy atom. The van der Waals surface area contributed by atoms with Gasteiger partial charge in [0.2, 0.25) is 5.91 Å². The Balaban J connectivity index is 0.00000380. The van der Waals surface area contributed by atoms with E-state index in [0.29, 0.717) is 43.0 Å². The molecule has 0 spiro atoms. The standard InChI is InChI=1S/C26H34N6O4.ClH/c1-5-27-10-11-28-24(33)16-31(21-13-22-23(12-18(21)2)36-26(35)29(22)3)17-25(34)30(4)32-14-19-8-6-7-9-20(19)15-32;/h6-9,12-13,27H,5,10-11,14-17H2,1-4H3,(H,28,33);1H. The molecule has 0 radical (unpaired) electrons. The maximum absolute atomic E-state index is 13.4. The van der Waals surface area contributed by atoms with Crippen LogP contribution in [0, 0.1) is 6.92 Å². The Hall–Kier alpha value is -3.34. The van der Waals surface area contributed by atoms with E-state index in [1.807, 2.05) is 31.0 Å². The SMILES string of the molecule is CCNCCNC(=O)CN(CC(=O)N(C)N1Cc2ccccc2C1)c1cc2c(cc1C)oc(=O)n2C.Cl. The summed E-state index contributed by atoms with van der Waals surface area (Å²) in [5.74, 6) is -0.778. The second kappa shape index (κ2) is 12.3. The molecule has 2 heterocycles. The number of likely N-dealkylation sites (N-methyl/N-ethyl adjacent to an activating group) is 2. The fraction of sp³-hybridized carbons (Fsp3) is 0.423. The van der Waals surface area contributed by atoms with E-state index in [0.717, 1.165) is 12.1 Å². The minimum absolute atomic E-state index is 0. The third-order valence-corrected chi connectivity index (χ3v) is 6.59. The molecule has 1 aliphatic heterocycles. The number of oxazole rings is 1. The number of amides is 2. The average molecular weight is 531 g/mol. The minimum atomic E-state index is -0.460. The lowest BCUT2D eigenvalue weighted by Crippen LogP contribution is -2.48. The number of nitrogens with zero attached hydrogens (tertiary/aromatic N) is 4. The highest BCUT2D eigenvalue weighted by atomic mass is 35.5. The van der Waals surface area contributed by atoms with Gasteiger partial charge in [0.05, 0.1) is 18.6 Å². The zero-order valence-electron chi connectivity index (χ0n) is 21.7. The van der Waals surface area contributed by atoms with Crippen molar-refractivity contribution in [3.05, 3.63) is 63.6 Å². The molecule has 11 heteroatoms. The highest BCUT2D eigenvalue weighted by Gasteiger charge is 2.27. The molecular weight excluding hydrogens is 496 g/mol. The summed E-state index contributed by atoms with van der Waals surface area (Å²) >= 11 is 0. The Morgan fingerprint density at radius 1 is 1.08 bits per heavy atom. The van der Waals surface area contributed by atoms with Gasteiger partial charge in [0.1, 0.15) is 0 Å². The second-order valence-electron chi connectivity index (χ2n) is 9.10. The predicted molar refractivity (Wildman–Crippen MR) is 146 cm³/mol. The first-order valence-corrected chi connectivity index (χ1v) is 12.2. The van der Waals surface area contributed by atoms with Gasteiger partial charge in [0, 0.05) is 46.0 Å². The molecule has 2 amide bonds. The number of rotatable bonds is 10. The molecule has 4 rings (SSSR count). The normalized spacial score (nSPS) is 12.8. The Bertz CT molecular complexity index is 1300. The maximum atomic E-state index is 13.4. The molecule has 0 aliphatic carbocycles. The number of anilines is 1. The smallest absolute Gasteiger partial charge is 0.408 e.